The maximum Gasteiger partial charge on any atom is 0.277 e. The minimum Gasteiger partial charge on any atom is -0.411 e. The average molecular weight is 477 g/mol. The van der Waals surface area contributed by atoms with Gasteiger partial charge in [0.1, 0.15) is 0 Å². The van der Waals surface area contributed by atoms with Crippen LogP contribution in [0.15, 0.2) is 52.1 Å². The van der Waals surface area contributed by atoms with Crippen molar-refractivity contribution in [1.82, 2.24) is 15.1 Å². The van der Waals surface area contributed by atoms with Gasteiger partial charge >= 0.3 is 0 Å². The minimum atomic E-state index is -0.297. The van der Waals surface area contributed by atoms with E-state index in [0.717, 1.165) is 30.2 Å². The van der Waals surface area contributed by atoms with E-state index in [4.69, 9.17) is 27.6 Å². The molecule has 3 aromatic rings. The summed E-state index contributed by atoms with van der Waals surface area (Å²) in [7, 11) is 0. The number of nitrogens with zero attached hydrogens (tertiary/aromatic N) is 3. The number of halogens is 2. The van der Waals surface area contributed by atoms with Gasteiger partial charge in [-0.15, -0.1) is 10.2 Å². The lowest BCUT2D eigenvalue weighted by atomic mass is 10.1. The Hall–Kier alpha value is -2.55. The number of carbonyl (C=O) groups is 2. The maximum absolute atomic E-state index is 12.8. The van der Waals surface area contributed by atoms with Gasteiger partial charge in [0, 0.05) is 28.7 Å². The van der Waals surface area contributed by atoms with E-state index < -0.39 is 0 Å². The van der Waals surface area contributed by atoms with Gasteiger partial charge in [-0.3, -0.25) is 9.59 Å². The number of hydrogen-bond donors (Lipinski definition) is 1. The number of hydrogen-bond acceptors (Lipinski definition) is 6. The number of likely N-dealkylation sites (tertiary alicyclic amines) is 1. The van der Waals surface area contributed by atoms with Gasteiger partial charge in [0.25, 0.3) is 11.1 Å². The molecule has 160 valence electrons. The van der Waals surface area contributed by atoms with Crippen LogP contribution >= 0.6 is 35.0 Å². The molecule has 0 spiro atoms. The topological polar surface area (TPSA) is 88.3 Å². The second-order valence-corrected chi connectivity index (χ2v) is 8.71. The minimum absolute atomic E-state index is 0.0439. The first-order valence-corrected chi connectivity index (χ1v) is 11.3. The fraction of sp³-hybridized carbons (Fsp3) is 0.238. The van der Waals surface area contributed by atoms with Crippen molar-refractivity contribution >= 4 is 52.5 Å². The van der Waals surface area contributed by atoms with Crippen LogP contribution < -0.4 is 5.32 Å². The highest BCUT2D eigenvalue weighted by Gasteiger charge is 2.23. The molecule has 0 radical (unpaired) electrons. The molecule has 31 heavy (non-hydrogen) atoms. The molecule has 0 atom stereocenters. The lowest BCUT2D eigenvalue weighted by Gasteiger charge is -2.18. The van der Waals surface area contributed by atoms with E-state index >= 15 is 0 Å². The molecule has 1 saturated heterocycles. The molecule has 2 amide bonds. The number of rotatable bonds is 6. The van der Waals surface area contributed by atoms with Crippen LogP contribution in [0.3, 0.4) is 0 Å². The second kappa shape index (κ2) is 9.72. The van der Waals surface area contributed by atoms with Crippen molar-refractivity contribution in [2.24, 2.45) is 0 Å². The number of aromatic nitrogens is 2. The number of amides is 2. The molecule has 1 aliphatic heterocycles. The normalized spacial score (nSPS) is 13.4. The Morgan fingerprint density at radius 3 is 2.48 bits per heavy atom. The third-order valence-electron chi connectivity index (χ3n) is 4.70. The van der Waals surface area contributed by atoms with Crippen molar-refractivity contribution in [2.45, 2.75) is 18.1 Å². The number of benzene rings is 2. The van der Waals surface area contributed by atoms with E-state index in [2.05, 4.69) is 15.5 Å². The van der Waals surface area contributed by atoms with E-state index in [1.807, 2.05) is 0 Å². The third kappa shape index (κ3) is 5.39. The van der Waals surface area contributed by atoms with Crippen molar-refractivity contribution in [1.29, 1.82) is 0 Å². The first-order chi connectivity index (χ1) is 15.0. The lowest BCUT2D eigenvalue weighted by Crippen LogP contribution is -2.29. The van der Waals surface area contributed by atoms with Crippen LogP contribution in [0.1, 0.15) is 23.2 Å². The van der Waals surface area contributed by atoms with Crippen molar-refractivity contribution in [3.63, 3.8) is 0 Å². The van der Waals surface area contributed by atoms with E-state index in [-0.39, 0.29) is 22.8 Å². The Kier molecular flexibility index (Phi) is 6.80. The molecule has 4 rings (SSSR count). The fourth-order valence-corrected chi connectivity index (χ4v) is 4.05. The summed E-state index contributed by atoms with van der Waals surface area (Å²) in [5.74, 6) is -0.0420. The zero-order valence-corrected chi connectivity index (χ0v) is 18.6. The zero-order valence-electron chi connectivity index (χ0n) is 16.3. The van der Waals surface area contributed by atoms with E-state index in [1.54, 1.807) is 47.4 Å². The predicted octanol–water partition coefficient (Wildman–Crippen LogP) is 5.01. The highest BCUT2D eigenvalue weighted by molar-refractivity contribution is 7.99. The van der Waals surface area contributed by atoms with Crippen LogP contribution in [0.25, 0.3) is 11.5 Å². The molecule has 2 heterocycles. The maximum atomic E-state index is 12.8. The smallest absolute Gasteiger partial charge is 0.277 e. The Morgan fingerprint density at radius 1 is 1.03 bits per heavy atom. The Balaban J connectivity index is 1.39. The molecule has 1 fully saturated rings. The number of anilines is 1. The number of nitrogens with one attached hydrogen (secondary N) is 1. The highest BCUT2D eigenvalue weighted by Crippen LogP contribution is 2.26. The second-order valence-electron chi connectivity index (χ2n) is 6.91. The molecule has 1 N–H and O–H groups in total. The summed E-state index contributed by atoms with van der Waals surface area (Å²) in [6, 6.07) is 11.9. The summed E-state index contributed by atoms with van der Waals surface area (Å²) in [5.41, 5.74) is 1.55. The molecule has 2 aromatic carbocycles. The van der Waals surface area contributed by atoms with Gasteiger partial charge in [-0.25, -0.2) is 0 Å². The molecule has 0 bridgehead atoms. The van der Waals surface area contributed by atoms with Gasteiger partial charge in [-0.2, -0.15) is 0 Å². The molecule has 1 aliphatic rings. The van der Waals surface area contributed by atoms with Crippen molar-refractivity contribution in [2.75, 3.05) is 24.2 Å². The molecule has 0 aliphatic carbocycles. The molecule has 10 heteroatoms. The Morgan fingerprint density at radius 2 is 1.74 bits per heavy atom. The van der Waals surface area contributed by atoms with Crippen LogP contribution in [0.2, 0.25) is 10.0 Å². The molecular weight excluding hydrogens is 459 g/mol. The fourth-order valence-electron chi connectivity index (χ4n) is 3.18. The monoisotopic (exact) mass is 476 g/mol. The van der Waals surface area contributed by atoms with Gasteiger partial charge in [0.2, 0.25) is 11.8 Å². The Bertz CT molecular complexity index is 1100. The first-order valence-electron chi connectivity index (χ1n) is 9.60. The number of thioether (sulfide) groups is 1. The molecule has 0 saturated carbocycles. The van der Waals surface area contributed by atoms with Crippen LogP contribution in [0.4, 0.5) is 5.69 Å². The zero-order chi connectivity index (χ0) is 21.8. The number of carbonyl (C=O) groups excluding carboxylic acids is 2. The Labute approximate surface area is 193 Å². The van der Waals surface area contributed by atoms with E-state index in [9.17, 15) is 9.59 Å². The summed E-state index contributed by atoms with van der Waals surface area (Å²) in [6.45, 7) is 1.42. The van der Waals surface area contributed by atoms with Crippen LogP contribution in [-0.4, -0.2) is 45.8 Å². The van der Waals surface area contributed by atoms with Gasteiger partial charge in [0.15, 0.2) is 0 Å². The van der Waals surface area contributed by atoms with Gasteiger partial charge in [0.05, 0.1) is 17.0 Å². The quantitative estimate of drug-likeness (QED) is 0.502. The molecule has 7 nitrogen and oxygen atoms in total. The highest BCUT2D eigenvalue weighted by atomic mass is 35.5. The van der Waals surface area contributed by atoms with Crippen molar-refractivity contribution < 1.29 is 14.0 Å². The van der Waals surface area contributed by atoms with Gasteiger partial charge in [-0.1, -0.05) is 35.0 Å². The van der Waals surface area contributed by atoms with E-state index in [0.29, 0.717) is 40.3 Å². The average Bonchev–Trinajstić information content (AvgIpc) is 3.46. The largest absolute Gasteiger partial charge is 0.411 e. The SMILES string of the molecule is O=C(CSc1nnc(-c2ccc(Cl)cc2)o1)Nc1ccc(Cl)cc1C(=O)N1CCCC1. The molecule has 1 aromatic heterocycles. The van der Waals surface area contributed by atoms with Crippen LogP contribution in [-0.2, 0) is 4.79 Å². The third-order valence-corrected chi connectivity index (χ3v) is 6.01. The summed E-state index contributed by atoms with van der Waals surface area (Å²) >= 11 is 13.1. The van der Waals surface area contributed by atoms with Gasteiger partial charge < -0.3 is 14.6 Å². The van der Waals surface area contributed by atoms with E-state index in [1.165, 1.54) is 0 Å². The standard InChI is InChI=1S/C21H18Cl2N4O3S/c22-14-5-3-13(4-6-14)19-25-26-21(30-19)31-12-18(28)24-17-8-7-15(23)11-16(17)20(29)27-9-1-2-10-27/h3-8,11H,1-2,9-10,12H2,(H,24,28). The first kappa shape index (κ1) is 21.7. The van der Waals surface area contributed by atoms with Crippen LogP contribution in [0.5, 0.6) is 0 Å². The van der Waals surface area contributed by atoms with Crippen molar-refractivity contribution in [3.05, 3.63) is 58.1 Å². The summed E-state index contributed by atoms with van der Waals surface area (Å²) in [6.07, 6.45) is 1.96. The van der Waals surface area contributed by atoms with Crippen molar-refractivity contribution in [3.8, 4) is 11.5 Å². The summed E-state index contributed by atoms with van der Waals surface area (Å²) in [4.78, 5) is 27.1. The molecule has 0 unspecified atom stereocenters. The summed E-state index contributed by atoms with van der Waals surface area (Å²) in [5, 5.41) is 12.1. The van der Waals surface area contributed by atoms with Crippen LogP contribution in [0, 0.1) is 0 Å². The summed E-state index contributed by atoms with van der Waals surface area (Å²) < 4.78 is 5.59. The molecular formula is C21H18Cl2N4O3S. The predicted molar refractivity (Wildman–Crippen MR) is 121 cm³/mol. The lowest BCUT2D eigenvalue weighted by molar-refractivity contribution is -0.113. The van der Waals surface area contributed by atoms with Gasteiger partial charge in [-0.05, 0) is 55.3 Å².